The smallest absolute Gasteiger partial charge is 0.328 e. The molecule has 0 aliphatic heterocycles. The molecule has 3 rings (SSSR count). The summed E-state index contributed by atoms with van der Waals surface area (Å²) in [7, 11) is 0. The van der Waals surface area contributed by atoms with Crippen molar-refractivity contribution in [2.75, 3.05) is 13.2 Å². The summed E-state index contributed by atoms with van der Waals surface area (Å²) >= 11 is 0. The Labute approximate surface area is 214 Å². The average molecular weight is 505 g/mol. The molecular formula is C28H45FN4O3. The quantitative estimate of drug-likeness (QED) is 0.215. The standard InChI is InChI=1S/C26H39FN4O3.C2H6/c1-3-13-26(14-4-2,21-10-11-22(27)23(18-21)34-19-20-8-9-20)30-28-15-6-5-7-16-31-17-12-24(32)29-25(31)33;1-2/h10-12,17-18,20,28,30H,3-9,13-16,19H2,1-2H3,(H,29,32,33);1-2H3. The van der Waals surface area contributed by atoms with Crippen LogP contribution in [0.25, 0.3) is 0 Å². The Bertz CT molecular complexity index is 1010. The van der Waals surface area contributed by atoms with Crippen LogP contribution in [-0.4, -0.2) is 22.7 Å². The lowest BCUT2D eigenvalue weighted by Gasteiger charge is -2.36. The van der Waals surface area contributed by atoms with Gasteiger partial charge in [0.25, 0.3) is 5.56 Å². The lowest BCUT2D eigenvalue weighted by Crippen LogP contribution is -2.50. The van der Waals surface area contributed by atoms with Gasteiger partial charge < -0.3 is 9.30 Å². The predicted octanol–water partition coefficient (Wildman–Crippen LogP) is 5.25. The molecule has 0 atom stereocenters. The van der Waals surface area contributed by atoms with Crippen molar-refractivity contribution in [1.82, 2.24) is 20.4 Å². The van der Waals surface area contributed by atoms with Gasteiger partial charge >= 0.3 is 5.69 Å². The molecule has 1 aromatic heterocycles. The number of nitrogens with one attached hydrogen (secondary N) is 3. The van der Waals surface area contributed by atoms with E-state index in [9.17, 15) is 14.0 Å². The summed E-state index contributed by atoms with van der Waals surface area (Å²) < 4.78 is 21.7. The molecule has 0 radical (unpaired) electrons. The van der Waals surface area contributed by atoms with Crippen LogP contribution in [0.2, 0.25) is 0 Å². The first-order valence-corrected chi connectivity index (χ1v) is 13.7. The number of halogens is 1. The van der Waals surface area contributed by atoms with Crippen molar-refractivity contribution in [3.63, 3.8) is 0 Å². The van der Waals surface area contributed by atoms with Crippen LogP contribution >= 0.6 is 0 Å². The highest BCUT2D eigenvalue weighted by atomic mass is 19.1. The molecule has 36 heavy (non-hydrogen) atoms. The molecule has 0 bridgehead atoms. The zero-order valence-electron chi connectivity index (χ0n) is 22.5. The molecule has 2 aromatic rings. The second-order valence-electron chi connectivity index (χ2n) is 9.40. The van der Waals surface area contributed by atoms with Gasteiger partial charge in [0.2, 0.25) is 0 Å². The van der Waals surface area contributed by atoms with E-state index < -0.39 is 0 Å². The molecule has 0 amide bonds. The third-order valence-electron chi connectivity index (χ3n) is 6.43. The maximum atomic E-state index is 14.4. The molecule has 3 N–H and O–H groups in total. The van der Waals surface area contributed by atoms with Gasteiger partial charge in [-0.3, -0.25) is 15.2 Å². The molecule has 8 heteroatoms. The molecule has 1 saturated carbocycles. The minimum Gasteiger partial charge on any atom is -0.490 e. The van der Waals surface area contributed by atoms with Crippen LogP contribution < -0.4 is 26.8 Å². The molecule has 1 heterocycles. The maximum absolute atomic E-state index is 14.4. The van der Waals surface area contributed by atoms with Gasteiger partial charge in [-0.25, -0.2) is 14.6 Å². The fraction of sp³-hybridized carbons (Fsp3) is 0.643. The number of rotatable bonds is 16. The zero-order chi connectivity index (χ0) is 26.4. The second-order valence-corrected chi connectivity index (χ2v) is 9.40. The summed E-state index contributed by atoms with van der Waals surface area (Å²) in [6, 6.07) is 6.64. The number of ether oxygens (including phenoxy) is 1. The van der Waals surface area contributed by atoms with E-state index in [0.717, 1.165) is 57.1 Å². The highest BCUT2D eigenvalue weighted by molar-refractivity contribution is 5.35. The zero-order valence-corrected chi connectivity index (χ0v) is 22.5. The average Bonchev–Trinajstić information content (AvgIpc) is 3.70. The molecule has 0 unspecified atom stereocenters. The van der Waals surface area contributed by atoms with Gasteiger partial charge in [0.15, 0.2) is 11.6 Å². The van der Waals surface area contributed by atoms with Crippen molar-refractivity contribution in [2.45, 2.75) is 97.6 Å². The van der Waals surface area contributed by atoms with Gasteiger partial charge in [-0.1, -0.05) is 53.0 Å². The van der Waals surface area contributed by atoms with E-state index in [1.165, 1.54) is 35.7 Å². The number of hydrazine groups is 1. The third kappa shape index (κ3) is 9.21. The molecule has 0 spiro atoms. The third-order valence-corrected chi connectivity index (χ3v) is 6.43. The molecule has 1 aliphatic carbocycles. The summed E-state index contributed by atoms with van der Waals surface area (Å²) in [6.07, 6.45) is 10.5. The van der Waals surface area contributed by atoms with Crippen LogP contribution in [0.4, 0.5) is 4.39 Å². The van der Waals surface area contributed by atoms with E-state index in [2.05, 4.69) is 29.7 Å². The van der Waals surface area contributed by atoms with Crippen LogP contribution in [-0.2, 0) is 12.1 Å². The Balaban J connectivity index is 0.00000222. The van der Waals surface area contributed by atoms with Crippen molar-refractivity contribution in [2.24, 2.45) is 5.92 Å². The first kappa shape index (κ1) is 29.8. The van der Waals surface area contributed by atoms with E-state index in [-0.39, 0.29) is 22.6 Å². The number of unbranched alkanes of at least 4 members (excludes halogenated alkanes) is 2. The number of H-pyrrole nitrogens is 1. The van der Waals surface area contributed by atoms with Gasteiger partial charge in [0, 0.05) is 25.4 Å². The topological polar surface area (TPSA) is 88.2 Å². The summed E-state index contributed by atoms with van der Waals surface area (Å²) in [5.41, 5.74) is 7.00. The fourth-order valence-corrected chi connectivity index (χ4v) is 4.39. The van der Waals surface area contributed by atoms with Crippen molar-refractivity contribution >= 4 is 0 Å². The summed E-state index contributed by atoms with van der Waals surface area (Å²) in [4.78, 5) is 25.2. The van der Waals surface area contributed by atoms with Crippen molar-refractivity contribution in [3.8, 4) is 5.75 Å². The van der Waals surface area contributed by atoms with Gasteiger partial charge in [-0.15, -0.1) is 0 Å². The second kappa shape index (κ2) is 15.6. The van der Waals surface area contributed by atoms with Crippen LogP contribution in [0.3, 0.4) is 0 Å². The minimum atomic E-state index is -0.373. The monoisotopic (exact) mass is 504 g/mol. The molecule has 0 saturated heterocycles. The number of aromatic nitrogens is 2. The normalized spacial score (nSPS) is 13.2. The highest BCUT2D eigenvalue weighted by Crippen LogP contribution is 2.35. The Morgan fingerprint density at radius 2 is 1.81 bits per heavy atom. The molecule has 7 nitrogen and oxygen atoms in total. The number of benzene rings is 1. The maximum Gasteiger partial charge on any atom is 0.328 e. The summed E-state index contributed by atoms with van der Waals surface area (Å²) in [5.74, 6) is 0.614. The molecule has 202 valence electrons. The largest absolute Gasteiger partial charge is 0.490 e. The molecule has 1 aliphatic rings. The van der Waals surface area contributed by atoms with Crippen LogP contribution in [0.5, 0.6) is 5.75 Å². The van der Waals surface area contributed by atoms with Gasteiger partial charge in [-0.2, -0.15) is 0 Å². The van der Waals surface area contributed by atoms with Crippen LogP contribution in [0, 0.1) is 11.7 Å². The van der Waals surface area contributed by atoms with E-state index in [1.807, 2.05) is 26.0 Å². The minimum absolute atomic E-state index is 0.294. The highest BCUT2D eigenvalue weighted by Gasteiger charge is 2.31. The Kier molecular flexibility index (Phi) is 12.9. The van der Waals surface area contributed by atoms with E-state index in [4.69, 9.17) is 4.74 Å². The number of nitrogens with zero attached hydrogens (tertiary/aromatic N) is 1. The van der Waals surface area contributed by atoms with Gasteiger partial charge in [-0.05, 0) is 62.1 Å². The first-order chi connectivity index (χ1) is 17.5. The van der Waals surface area contributed by atoms with Gasteiger partial charge in [0.05, 0.1) is 12.1 Å². The first-order valence-electron chi connectivity index (χ1n) is 13.7. The van der Waals surface area contributed by atoms with E-state index >= 15 is 0 Å². The SMILES string of the molecule is CC.CCCC(CCC)(NNCCCCCn1ccc(=O)[nH]c1=O)c1ccc(F)c(OCC2CC2)c1. The fourth-order valence-electron chi connectivity index (χ4n) is 4.39. The van der Waals surface area contributed by atoms with Crippen molar-refractivity contribution in [3.05, 3.63) is 62.7 Å². The van der Waals surface area contributed by atoms with Crippen LogP contribution in [0.1, 0.15) is 91.0 Å². The lowest BCUT2D eigenvalue weighted by atomic mass is 9.82. The van der Waals surface area contributed by atoms with E-state index in [0.29, 0.717) is 24.8 Å². The Hall–Kier alpha value is -2.45. The van der Waals surface area contributed by atoms with Gasteiger partial charge in [0.1, 0.15) is 0 Å². The lowest BCUT2D eigenvalue weighted by molar-refractivity contribution is 0.236. The molecular weight excluding hydrogens is 459 g/mol. The number of aromatic amines is 1. The Morgan fingerprint density at radius 3 is 2.44 bits per heavy atom. The number of hydrogen-bond donors (Lipinski definition) is 3. The molecule has 1 fully saturated rings. The van der Waals surface area contributed by atoms with E-state index in [1.54, 1.807) is 0 Å². The number of hydrogen-bond acceptors (Lipinski definition) is 5. The number of aryl methyl sites for hydroxylation is 1. The summed E-state index contributed by atoms with van der Waals surface area (Å²) in [5, 5.41) is 0. The predicted molar refractivity (Wildman–Crippen MR) is 144 cm³/mol. The van der Waals surface area contributed by atoms with Crippen molar-refractivity contribution < 1.29 is 9.13 Å². The summed E-state index contributed by atoms with van der Waals surface area (Å²) in [6.45, 7) is 10.3. The van der Waals surface area contributed by atoms with Crippen molar-refractivity contribution in [1.29, 1.82) is 0 Å². The van der Waals surface area contributed by atoms with Crippen LogP contribution in [0.15, 0.2) is 40.1 Å². The Morgan fingerprint density at radius 1 is 1.08 bits per heavy atom. The molecule has 1 aromatic carbocycles.